The number of aliphatic hydroxyl groups is 2. The predicted octanol–water partition coefficient (Wildman–Crippen LogP) is 4.18. The molecule has 5 atom stereocenters. The highest BCUT2D eigenvalue weighted by atomic mass is 32.2. The highest BCUT2D eigenvalue weighted by Crippen LogP contribution is 2.42. The van der Waals surface area contributed by atoms with Gasteiger partial charge in [-0.25, -0.2) is 0 Å². The molecule has 7 heteroatoms. The number of carboxylic acids is 1. The molecule has 0 amide bonds. The molecule has 3 N–H and O–H groups in total. The van der Waals surface area contributed by atoms with E-state index in [0.717, 1.165) is 12.8 Å². The van der Waals surface area contributed by atoms with E-state index >= 15 is 0 Å². The number of thioether (sulfide) groups is 1. The molecular formula is C23H33BO4S2. The third-order valence-electron chi connectivity index (χ3n) is 5.85. The summed E-state index contributed by atoms with van der Waals surface area (Å²) in [6.07, 6.45) is 10.5. The maximum atomic E-state index is 10.5. The van der Waals surface area contributed by atoms with Crippen LogP contribution in [0.4, 0.5) is 0 Å². The highest BCUT2D eigenvalue weighted by molar-refractivity contribution is 8.00. The molecule has 2 radical (unpaired) electrons. The molecule has 30 heavy (non-hydrogen) atoms. The fraction of sp³-hybridized carbons (Fsp3) is 0.609. The normalized spacial score (nSPS) is 25.5. The molecule has 164 valence electrons. The van der Waals surface area contributed by atoms with Gasteiger partial charge in [-0.2, -0.15) is 0 Å². The first-order valence-corrected chi connectivity index (χ1v) is 12.5. The number of carboxylic acid groups (broad SMARTS) is 1. The summed E-state index contributed by atoms with van der Waals surface area (Å²) in [6, 6.07) is 2.20. The van der Waals surface area contributed by atoms with Crippen molar-refractivity contribution in [2.45, 2.75) is 58.1 Å². The van der Waals surface area contributed by atoms with Crippen molar-refractivity contribution in [3.63, 3.8) is 0 Å². The van der Waals surface area contributed by atoms with E-state index in [1.54, 1.807) is 11.3 Å². The average molecular weight is 448 g/mol. The minimum Gasteiger partial charge on any atom is -0.481 e. The smallest absolute Gasteiger partial charge is 0.313 e. The van der Waals surface area contributed by atoms with Gasteiger partial charge in [0.05, 0.1) is 25.8 Å². The van der Waals surface area contributed by atoms with Crippen LogP contribution in [0.1, 0.15) is 34.6 Å². The summed E-state index contributed by atoms with van der Waals surface area (Å²) in [7, 11) is 5.95. The first kappa shape index (κ1) is 25.2. The van der Waals surface area contributed by atoms with Gasteiger partial charge in [-0.3, -0.25) is 4.79 Å². The van der Waals surface area contributed by atoms with Crippen LogP contribution < -0.4 is 0 Å². The summed E-state index contributed by atoms with van der Waals surface area (Å²) < 4.78 is 0. The predicted molar refractivity (Wildman–Crippen MR) is 128 cm³/mol. The Bertz CT molecular complexity index is 711. The molecule has 0 saturated heterocycles. The van der Waals surface area contributed by atoms with Crippen LogP contribution in [-0.2, 0) is 11.2 Å². The topological polar surface area (TPSA) is 77.8 Å². The Morgan fingerprint density at radius 1 is 1.40 bits per heavy atom. The fourth-order valence-corrected chi connectivity index (χ4v) is 5.70. The number of thiophene rings is 1. The number of aliphatic carboxylic acids is 1. The number of aryl methyl sites for hydroxylation is 3. The summed E-state index contributed by atoms with van der Waals surface area (Å²) >= 11 is 3.15. The SMILES string of the molecule is [B]C[C@@H]1CC(O)[C@H](CC=CCSCC(=O)O)[C@H]1C=C[C@@H](O)CCc1cc(C)c(C)s1. The monoisotopic (exact) mass is 448 g/mol. The van der Waals surface area contributed by atoms with Gasteiger partial charge in [-0.1, -0.05) is 30.6 Å². The molecule has 1 aromatic rings. The Labute approximate surface area is 189 Å². The van der Waals surface area contributed by atoms with E-state index < -0.39 is 18.2 Å². The standard InChI is InChI=1S/C23H33BO4S2/c1-15-11-19(30-16(15)2)8-6-18(25)7-9-20-17(13-24)12-22(26)21(20)5-3-4-10-29-14-23(27)28/h3-4,7,9,11,17-18,20-22,25-26H,5-6,8,10,12-14H2,1-2H3,(H,27,28)/t17-,18-,20-,21+,22?/m0/s1. The first-order valence-electron chi connectivity index (χ1n) is 10.6. The lowest BCUT2D eigenvalue weighted by Crippen LogP contribution is -2.19. The Balaban J connectivity index is 1.88. The molecule has 1 saturated carbocycles. The van der Waals surface area contributed by atoms with Crippen molar-refractivity contribution in [3.8, 4) is 0 Å². The van der Waals surface area contributed by atoms with Crippen molar-refractivity contribution in [2.24, 2.45) is 17.8 Å². The van der Waals surface area contributed by atoms with Crippen LogP contribution in [0, 0.1) is 31.6 Å². The number of allylic oxidation sites excluding steroid dienone is 2. The van der Waals surface area contributed by atoms with Crippen molar-refractivity contribution in [2.75, 3.05) is 11.5 Å². The molecule has 0 bridgehead atoms. The summed E-state index contributed by atoms with van der Waals surface area (Å²) in [5.74, 6) is 0.368. The van der Waals surface area contributed by atoms with Crippen LogP contribution in [0.15, 0.2) is 30.4 Å². The van der Waals surface area contributed by atoms with Crippen LogP contribution >= 0.6 is 23.1 Å². The molecule has 0 aliphatic heterocycles. The van der Waals surface area contributed by atoms with E-state index in [0.29, 0.717) is 24.9 Å². The van der Waals surface area contributed by atoms with E-state index in [2.05, 4.69) is 26.0 Å². The molecule has 4 nitrogen and oxygen atoms in total. The molecule has 1 unspecified atom stereocenters. The minimum absolute atomic E-state index is 0.0744. The average Bonchev–Trinajstić information content (AvgIpc) is 3.19. The third-order valence-corrected chi connectivity index (χ3v) is 7.95. The lowest BCUT2D eigenvalue weighted by molar-refractivity contribution is -0.133. The molecule has 1 heterocycles. The number of hydrogen-bond acceptors (Lipinski definition) is 5. The third kappa shape index (κ3) is 7.91. The second kappa shape index (κ2) is 12.7. The van der Waals surface area contributed by atoms with Gasteiger partial charge >= 0.3 is 5.97 Å². The van der Waals surface area contributed by atoms with E-state index in [4.69, 9.17) is 13.0 Å². The number of rotatable bonds is 12. The molecule has 0 aromatic carbocycles. The summed E-state index contributed by atoms with van der Waals surface area (Å²) in [5, 5.41) is 29.6. The maximum Gasteiger partial charge on any atom is 0.313 e. The lowest BCUT2D eigenvalue weighted by Gasteiger charge is -2.21. The molecule has 2 rings (SSSR count). The van der Waals surface area contributed by atoms with Gasteiger partial charge in [-0.15, -0.1) is 23.1 Å². The van der Waals surface area contributed by atoms with Crippen molar-refractivity contribution in [1.82, 2.24) is 0 Å². The van der Waals surface area contributed by atoms with Gasteiger partial charge in [0.15, 0.2) is 0 Å². The van der Waals surface area contributed by atoms with Gasteiger partial charge in [0.1, 0.15) is 0 Å². The first-order chi connectivity index (χ1) is 14.3. The van der Waals surface area contributed by atoms with Crippen LogP contribution in [0.2, 0.25) is 6.32 Å². The number of hydrogen-bond donors (Lipinski definition) is 3. The van der Waals surface area contributed by atoms with Crippen molar-refractivity contribution < 1.29 is 20.1 Å². The van der Waals surface area contributed by atoms with E-state index in [1.165, 1.54) is 27.1 Å². The van der Waals surface area contributed by atoms with Gasteiger partial charge in [0, 0.05) is 15.5 Å². The Morgan fingerprint density at radius 2 is 2.17 bits per heavy atom. The second-order valence-electron chi connectivity index (χ2n) is 8.10. The van der Waals surface area contributed by atoms with Gasteiger partial charge in [-0.05, 0) is 68.9 Å². The van der Waals surface area contributed by atoms with Crippen molar-refractivity contribution in [1.29, 1.82) is 0 Å². The van der Waals surface area contributed by atoms with Gasteiger partial charge in [0.25, 0.3) is 0 Å². The highest BCUT2D eigenvalue weighted by Gasteiger charge is 2.39. The van der Waals surface area contributed by atoms with Crippen LogP contribution in [0.5, 0.6) is 0 Å². The fourth-order valence-electron chi connectivity index (χ4n) is 4.07. The van der Waals surface area contributed by atoms with Gasteiger partial charge in [0.2, 0.25) is 0 Å². The zero-order chi connectivity index (χ0) is 22.1. The van der Waals surface area contributed by atoms with Gasteiger partial charge < -0.3 is 15.3 Å². The number of aliphatic hydroxyl groups excluding tert-OH is 2. The maximum absolute atomic E-state index is 10.5. The Hall–Kier alpha value is -1.02. The van der Waals surface area contributed by atoms with Crippen LogP contribution in [0.25, 0.3) is 0 Å². The van der Waals surface area contributed by atoms with Crippen LogP contribution in [0.3, 0.4) is 0 Å². The second-order valence-corrected chi connectivity index (χ2v) is 10.5. The zero-order valence-electron chi connectivity index (χ0n) is 17.9. The largest absolute Gasteiger partial charge is 0.481 e. The molecule has 1 aliphatic rings. The van der Waals surface area contributed by atoms with E-state index in [-0.39, 0.29) is 23.5 Å². The van der Waals surface area contributed by atoms with E-state index in [1.807, 2.05) is 18.2 Å². The molecule has 1 aromatic heterocycles. The Kier molecular flexibility index (Phi) is 10.7. The van der Waals surface area contributed by atoms with Crippen LogP contribution in [-0.4, -0.2) is 52.8 Å². The molecule has 1 aliphatic carbocycles. The van der Waals surface area contributed by atoms with Crippen molar-refractivity contribution in [3.05, 3.63) is 45.7 Å². The minimum atomic E-state index is -0.807. The quantitative estimate of drug-likeness (QED) is 0.254. The molecular weight excluding hydrogens is 415 g/mol. The zero-order valence-corrected chi connectivity index (χ0v) is 19.5. The number of carbonyl (C=O) groups is 1. The summed E-state index contributed by atoms with van der Waals surface area (Å²) in [4.78, 5) is 13.2. The molecule has 0 spiro atoms. The summed E-state index contributed by atoms with van der Waals surface area (Å²) in [6.45, 7) is 4.24. The molecule has 1 fully saturated rings. The summed E-state index contributed by atoms with van der Waals surface area (Å²) in [5.41, 5.74) is 1.31. The lowest BCUT2D eigenvalue weighted by atomic mass is 9.80. The van der Waals surface area contributed by atoms with E-state index in [9.17, 15) is 15.0 Å². The Morgan fingerprint density at radius 3 is 2.80 bits per heavy atom. The van der Waals surface area contributed by atoms with Crippen molar-refractivity contribution >= 4 is 36.9 Å².